The van der Waals surface area contributed by atoms with Gasteiger partial charge in [-0.05, 0) is 41.3 Å². The van der Waals surface area contributed by atoms with Gasteiger partial charge in [0.2, 0.25) is 5.91 Å². The number of thioether (sulfide) groups is 2. The van der Waals surface area contributed by atoms with Crippen molar-refractivity contribution >= 4 is 56.7 Å². The van der Waals surface area contributed by atoms with Crippen LogP contribution in [0.5, 0.6) is 0 Å². The highest BCUT2D eigenvalue weighted by molar-refractivity contribution is 8.00. The minimum Gasteiger partial charge on any atom is -0.325 e. The van der Waals surface area contributed by atoms with Crippen LogP contribution in [0, 0.1) is 0 Å². The minimum atomic E-state index is -2.49. The van der Waals surface area contributed by atoms with Gasteiger partial charge in [-0.15, -0.1) is 11.3 Å². The number of nitrogens with one attached hydrogen (secondary N) is 1. The van der Waals surface area contributed by atoms with E-state index >= 15 is 0 Å². The number of fused-ring (bicyclic) bond motifs is 1. The van der Waals surface area contributed by atoms with E-state index in [1.165, 1.54) is 35.2 Å². The molecule has 10 heteroatoms. The Balaban J connectivity index is 1.49. The van der Waals surface area contributed by atoms with Gasteiger partial charge in [0.25, 0.3) is 11.3 Å². The molecule has 1 amide bonds. The Bertz CT molecular complexity index is 1280. The lowest BCUT2D eigenvalue weighted by atomic mass is 10.2. The number of carbonyl (C=O) groups excluding carboxylic acids is 1. The van der Waals surface area contributed by atoms with Gasteiger partial charge >= 0.3 is 0 Å². The van der Waals surface area contributed by atoms with Crippen LogP contribution in [-0.2, 0) is 11.3 Å². The van der Waals surface area contributed by atoms with Crippen molar-refractivity contribution in [2.75, 3.05) is 11.1 Å². The normalized spacial score (nSPS) is 11.2. The first-order valence-electron chi connectivity index (χ1n) is 9.49. The van der Waals surface area contributed by atoms with Gasteiger partial charge in [0.05, 0.1) is 17.8 Å². The molecule has 0 unspecified atom stereocenters. The molecule has 32 heavy (non-hydrogen) atoms. The van der Waals surface area contributed by atoms with E-state index in [1.54, 1.807) is 22.8 Å². The summed E-state index contributed by atoms with van der Waals surface area (Å²) in [5, 5.41) is 5.02. The maximum Gasteiger partial charge on any atom is 0.288 e. The molecular formula is C22H17F2N3O2S3. The third-order valence-electron chi connectivity index (χ3n) is 4.41. The number of alkyl halides is 2. The molecule has 0 atom stereocenters. The highest BCUT2D eigenvalue weighted by atomic mass is 32.2. The second-order valence-electron chi connectivity index (χ2n) is 6.65. The van der Waals surface area contributed by atoms with Crippen LogP contribution in [0.3, 0.4) is 0 Å². The van der Waals surface area contributed by atoms with Crippen molar-refractivity contribution in [2.45, 2.75) is 22.4 Å². The fourth-order valence-electron chi connectivity index (χ4n) is 2.99. The predicted molar refractivity (Wildman–Crippen MR) is 127 cm³/mol. The summed E-state index contributed by atoms with van der Waals surface area (Å²) < 4.78 is 27.0. The third-order valence-corrected chi connectivity index (χ3v) is 7.00. The largest absolute Gasteiger partial charge is 0.325 e. The molecular weight excluding hydrogens is 472 g/mol. The summed E-state index contributed by atoms with van der Waals surface area (Å²) in [5.41, 5.74) is 1.95. The molecule has 164 valence electrons. The molecule has 0 fully saturated rings. The summed E-state index contributed by atoms with van der Waals surface area (Å²) in [6, 6.07) is 17.6. The van der Waals surface area contributed by atoms with Crippen LogP contribution in [0.2, 0.25) is 0 Å². The average Bonchev–Trinajstić information content (AvgIpc) is 3.25. The van der Waals surface area contributed by atoms with E-state index < -0.39 is 5.76 Å². The molecule has 4 aromatic rings. The lowest BCUT2D eigenvalue weighted by Gasteiger charge is -2.12. The van der Waals surface area contributed by atoms with Gasteiger partial charge in [-0.2, -0.15) is 8.78 Å². The maximum atomic E-state index is 13.0. The van der Waals surface area contributed by atoms with E-state index in [2.05, 4.69) is 10.3 Å². The zero-order chi connectivity index (χ0) is 22.5. The van der Waals surface area contributed by atoms with Gasteiger partial charge in [0.15, 0.2) is 5.16 Å². The third kappa shape index (κ3) is 5.56. The second kappa shape index (κ2) is 10.3. The molecule has 0 aliphatic rings. The summed E-state index contributed by atoms with van der Waals surface area (Å²) in [4.78, 5) is 30.5. The van der Waals surface area contributed by atoms with Crippen LogP contribution < -0.4 is 10.9 Å². The van der Waals surface area contributed by atoms with Gasteiger partial charge in [-0.1, -0.05) is 53.9 Å². The zero-order valence-electron chi connectivity index (χ0n) is 16.5. The first kappa shape index (κ1) is 22.5. The quantitative estimate of drug-likeness (QED) is 0.260. The van der Waals surface area contributed by atoms with Crippen LogP contribution in [0.15, 0.2) is 80.9 Å². The smallest absolute Gasteiger partial charge is 0.288 e. The van der Waals surface area contributed by atoms with E-state index in [-0.39, 0.29) is 17.2 Å². The molecule has 2 aromatic heterocycles. The fourth-order valence-corrected chi connectivity index (χ4v) is 5.06. The Morgan fingerprint density at radius 3 is 2.56 bits per heavy atom. The van der Waals surface area contributed by atoms with E-state index in [1.807, 2.05) is 35.7 Å². The summed E-state index contributed by atoms with van der Waals surface area (Å²) in [6.07, 6.45) is 0. The van der Waals surface area contributed by atoms with Crippen LogP contribution in [-0.4, -0.2) is 27.0 Å². The van der Waals surface area contributed by atoms with E-state index in [0.717, 1.165) is 5.56 Å². The van der Waals surface area contributed by atoms with E-state index in [4.69, 9.17) is 0 Å². The van der Waals surface area contributed by atoms with Crippen molar-refractivity contribution < 1.29 is 13.6 Å². The van der Waals surface area contributed by atoms with Crippen LogP contribution in [0.25, 0.3) is 10.2 Å². The molecule has 2 heterocycles. The van der Waals surface area contributed by atoms with Crippen molar-refractivity contribution in [1.82, 2.24) is 9.55 Å². The Morgan fingerprint density at radius 1 is 1.09 bits per heavy atom. The lowest BCUT2D eigenvalue weighted by molar-refractivity contribution is -0.113. The van der Waals surface area contributed by atoms with Crippen LogP contribution >= 0.6 is 34.9 Å². The molecule has 0 saturated carbocycles. The fraction of sp³-hybridized carbons (Fsp3) is 0.136. The summed E-state index contributed by atoms with van der Waals surface area (Å²) in [7, 11) is 0. The number of nitrogens with zero attached hydrogens (tertiary/aromatic N) is 2. The highest BCUT2D eigenvalue weighted by Crippen LogP contribution is 2.26. The number of benzene rings is 2. The zero-order valence-corrected chi connectivity index (χ0v) is 19.0. The first-order chi connectivity index (χ1) is 15.5. The van der Waals surface area contributed by atoms with Crippen molar-refractivity contribution in [2.24, 2.45) is 0 Å². The topological polar surface area (TPSA) is 64.0 Å². The lowest BCUT2D eigenvalue weighted by Crippen LogP contribution is -2.24. The molecule has 0 aliphatic heterocycles. The van der Waals surface area contributed by atoms with Crippen LogP contribution in [0.4, 0.5) is 14.5 Å². The Hall–Kier alpha value is -2.69. The molecule has 0 aliphatic carbocycles. The molecule has 0 spiro atoms. The molecule has 1 N–H and O–H groups in total. The Labute approximate surface area is 194 Å². The van der Waals surface area contributed by atoms with Gasteiger partial charge in [-0.3, -0.25) is 14.2 Å². The summed E-state index contributed by atoms with van der Waals surface area (Å²) >= 11 is 2.97. The molecule has 2 aromatic carbocycles. The highest BCUT2D eigenvalue weighted by Gasteiger charge is 2.15. The number of carbonyl (C=O) groups is 1. The number of anilines is 1. The van der Waals surface area contributed by atoms with Crippen LogP contribution in [0.1, 0.15) is 5.56 Å². The monoisotopic (exact) mass is 489 g/mol. The molecule has 0 radical (unpaired) electrons. The Morgan fingerprint density at radius 2 is 1.84 bits per heavy atom. The van der Waals surface area contributed by atoms with E-state index in [9.17, 15) is 18.4 Å². The summed E-state index contributed by atoms with van der Waals surface area (Å²) in [5.74, 6) is -2.73. The van der Waals surface area contributed by atoms with Crippen molar-refractivity contribution in [3.05, 3.63) is 82.0 Å². The maximum absolute atomic E-state index is 13.0. The van der Waals surface area contributed by atoms with Crippen molar-refractivity contribution in [3.8, 4) is 0 Å². The van der Waals surface area contributed by atoms with Gasteiger partial charge < -0.3 is 5.32 Å². The predicted octanol–water partition coefficient (Wildman–Crippen LogP) is 5.55. The number of halogens is 2. The summed E-state index contributed by atoms with van der Waals surface area (Å²) in [6.45, 7) is 0.355. The number of rotatable bonds is 8. The number of hydrogen-bond donors (Lipinski definition) is 1. The minimum absolute atomic E-state index is 0.0460. The van der Waals surface area contributed by atoms with Crippen molar-refractivity contribution in [1.29, 1.82) is 0 Å². The van der Waals surface area contributed by atoms with Gasteiger partial charge in [0, 0.05) is 10.6 Å². The number of amides is 1. The molecule has 0 saturated heterocycles. The van der Waals surface area contributed by atoms with Gasteiger partial charge in [-0.25, -0.2) is 4.98 Å². The number of hydrogen-bond acceptors (Lipinski definition) is 6. The molecule has 4 rings (SSSR count). The van der Waals surface area contributed by atoms with Crippen molar-refractivity contribution in [3.63, 3.8) is 0 Å². The SMILES string of the molecule is O=C(CSc1nc2ccsc2c(=O)n1Cc1ccccc1)Nc1ccc(SC(F)F)cc1. The standard InChI is InChI=1S/C22H17F2N3O2S3/c23-21(24)32-16-8-6-15(7-9-16)25-18(28)13-31-22-26-17-10-11-30-19(17)20(29)27(22)12-14-4-2-1-3-5-14/h1-11,21H,12-13H2,(H,25,28). The number of thiophene rings is 1. The molecule has 0 bridgehead atoms. The first-order valence-corrected chi connectivity index (χ1v) is 12.2. The second-order valence-corrected chi connectivity index (χ2v) is 9.57. The van der Waals surface area contributed by atoms with Gasteiger partial charge in [0.1, 0.15) is 4.70 Å². The average molecular weight is 490 g/mol. The van der Waals surface area contributed by atoms with E-state index in [0.29, 0.717) is 44.3 Å². The number of aromatic nitrogens is 2. The molecule has 5 nitrogen and oxygen atoms in total. The Kier molecular flexibility index (Phi) is 7.23.